The maximum Gasteiger partial charge on any atom is 0.262 e. The van der Waals surface area contributed by atoms with Crippen LogP contribution in [-0.4, -0.2) is 42.3 Å². The molecule has 1 aromatic carbocycles. The average Bonchev–Trinajstić information content (AvgIpc) is 2.70. The fraction of sp³-hybridized carbons (Fsp3) is 0.357. The maximum absolute atomic E-state index is 12.0. The summed E-state index contributed by atoms with van der Waals surface area (Å²) in [4.78, 5) is 36.8. The lowest BCUT2D eigenvalue weighted by Gasteiger charge is -2.15. The number of imide groups is 1. The molecule has 1 atom stereocenters. The van der Waals surface area contributed by atoms with Crippen LogP contribution in [0.25, 0.3) is 0 Å². The first-order valence-corrected chi connectivity index (χ1v) is 6.46. The quantitative estimate of drug-likeness (QED) is 0.771. The Labute approximate surface area is 129 Å². The zero-order valence-electron chi connectivity index (χ0n) is 11.7. The topological polar surface area (TPSA) is 92.5 Å². The first-order chi connectivity index (χ1) is 9.54. The van der Waals surface area contributed by atoms with Gasteiger partial charge in [-0.1, -0.05) is 19.1 Å². The van der Waals surface area contributed by atoms with E-state index < -0.39 is 11.8 Å². The zero-order chi connectivity index (χ0) is 14.7. The molecule has 7 heteroatoms. The molecule has 2 rings (SSSR count). The van der Waals surface area contributed by atoms with Crippen LogP contribution in [0.15, 0.2) is 24.3 Å². The van der Waals surface area contributed by atoms with Gasteiger partial charge in [-0.15, -0.1) is 12.4 Å². The van der Waals surface area contributed by atoms with Gasteiger partial charge in [0.15, 0.2) is 0 Å². The number of hydrogen-bond donors (Lipinski definition) is 2. The van der Waals surface area contributed by atoms with Crippen molar-refractivity contribution < 1.29 is 14.4 Å². The number of benzene rings is 1. The van der Waals surface area contributed by atoms with Crippen molar-refractivity contribution in [3.8, 4) is 0 Å². The Bertz CT molecular complexity index is 527. The molecule has 0 fully saturated rings. The standard InChI is InChI=1S/C14H17N3O3.ClH/c1-9(6-15)7-16-12(18)8-17-13(19)10-4-2-3-5-11(10)14(17)20;/h2-5,9H,6-8,15H2,1H3,(H,16,18);1H. The Morgan fingerprint density at radius 3 is 2.24 bits per heavy atom. The molecule has 1 heterocycles. The third-order valence-electron chi connectivity index (χ3n) is 3.23. The number of rotatable bonds is 5. The van der Waals surface area contributed by atoms with Crippen LogP contribution in [0, 0.1) is 5.92 Å². The molecule has 1 unspecified atom stereocenters. The number of nitrogens with two attached hydrogens (primary N) is 1. The summed E-state index contributed by atoms with van der Waals surface area (Å²) in [6.45, 7) is 2.54. The lowest BCUT2D eigenvalue weighted by Crippen LogP contribution is -2.42. The Balaban J connectivity index is 0.00000220. The molecule has 1 aliphatic heterocycles. The van der Waals surface area contributed by atoms with Gasteiger partial charge in [0.05, 0.1) is 11.1 Å². The van der Waals surface area contributed by atoms with Crippen LogP contribution in [0.4, 0.5) is 0 Å². The van der Waals surface area contributed by atoms with Crippen molar-refractivity contribution in [1.29, 1.82) is 0 Å². The second-order valence-electron chi connectivity index (χ2n) is 4.89. The highest BCUT2D eigenvalue weighted by Crippen LogP contribution is 2.21. The first kappa shape index (κ1) is 17.1. The monoisotopic (exact) mass is 311 g/mol. The molecule has 1 aromatic rings. The van der Waals surface area contributed by atoms with E-state index in [4.69, 9.17) is 5.73 Å². The fourth-order valence-electron chi connectivity index (χ4n) is 1.95. The molecule has 1 aliphatic rings. The van der Waals surface area contributed by atoms with Gasteiger partial charge < -0.3 is 11.1 Å². The van der Waals surface area contributed by atoms with Gasteiger partial charge >= 0.3 is 0 Å². The molecule has 3 N–H and O–H groups in total. The maximum atomic E-state index is 12.0. The van der Waals surface area contributed by atoms with E-state index in [2.05, 4.69) is 5.32 Å². The molecule has 0 aromatic heterocycles. The van der Waals surface area contributed by atoms with Crippen LogP contribution in [-0.2, 0) is 4.79 Å². The summed E-state index contributed by atoms with van der Waals surface area (Å²) in [7, 11) is 0. The van der Waals surface area contributed by atoms with Gasteiger partial charge in [-0.25, -0.2) is 0 Å². The van der Waals surface area contributed by atoms with Crippen LogP contribution in [0.2, 0.25) is 0 Å². The molecule has 21 heavy (non-hydrogen) atoms. The first-order valence-electron chi connectivity index (χ1n) is 6.46. The summed E-state index contributed by atoms with van der Waals surface area (Å²) in [6.07, 6.45) is 0. The van der Waals surface area contributed by atoms with Crippen molar-refractivity contribution in [3.05, 3.63) is 35.4 Å². The van der Waals surface area contributed by atoms with E-state index in [-0.39, 0.29) is 30.8 Å². The lowest BCUT2D eigenvalue weighted by atomic mass is 10.1. The number of hydrogen-bond acceptors (Lipinski definition) is 4. The Hall–Kier alpha value is -1.92. The second kappa shape index (κ2) is 7.19. The van der Waals surface area contributed by atoms with Crippen LogP contribution in [0.1, 0.15) is 27.6 Å². The number of carbonyl (C=O) groups excluding carboxylic acids is 3. The van der Waals surface area contributed by atoms with Crippen LogP contribution < -0.4 is 11.1 Å². The molecule has 0 saturated heterocycles. The molecule has 3 amide bonds. The van der Waals surface area contributed by atoms with Crippen molar-refractivity contribution in [2.45, 2.75) is 6.92 Å². The molecular weight excluding hydrogens is 294 g/mol. The van der Waals surface area contributed by atoms with E-state index in [1.807, 2.05) is 6.92 Å². The van der Waals surface area contributed by atoms with Gasteiger partial charge in [-0.3, -0.25) is 19.3 Å². The van der Waals surface area contributed by atoms with Crippen LogP contribution >= 0.6 is 12.4 Å². The highest BCUT2D eigenvalue weighted by molar-refractivity contribution is 6.22. The predicted molar refractivity (Wildman–Crippen MR) is 80.3 cm³/mol. The number of carbonyl (C=O) groups is 3. The number of nitrogens with one attached hydrogen (secondary N) is 1. The van der Waals surface area contributed by atoms with E-state index in [9.17, 15) is 14.4 Å². The third-order valence-corrected chi connectivity index (χ3v) is 3.23. The Kier molecular flexibility index (Phi) is 5.87. The number of fused-ring (bicyclic) bond motifs is 1. The minimum absolute atomic E-state index is 0. The molecule has 0 spiro atoms. The summed E-state index contributed by atoms with van der Waals surface area (Å²) in [5.74, 6) is -1.05. The summed E-state index contributed by atoms with van der Waals surface area (Å²) in [5, 5.41) is 2.66. The van der Waals surface area contributed by atoms with Gasteiger partial charge in [0.1, 0.15) is 6.54 Å². The third kappa shape index (κ3) is 3.59. The highest BCUT2D eigenvalue weighted by Gasteiger charge is 2.36. The summed E-state index contributed by atoms with van der Waals surface area (Å²) < 4.78 is 0. The number of amides is 3. The van der Waals surface area contributed by atoms with Crippen molar-refractivity contribution in [2.75, 3.05) is 19.6 Å². The van der Waals surface area contributed by atoms with Crippen molar-refractivity contribution in [2.24, 2.45) is 11.7 Å². The lowest BCUT2D eigenvalue weighted by molar-refractivity contribution is -0.121. The molecule has 0 saturated carbocycles. The van der Waals surface area contributed by atoms with E-state index in [1.165, 1.54) is 0 Å². The van der Waals surface area contributed by atoms with Crippen molar-refractivity contribution >= 4 is 30.1 Å². The van der Waals surface area contributed by atoms with Crippen molar-refractivity contribution in [1.82, 2.24) is 10.2 Å². The molecule has 0 aliphatic carbocycles. The number of halogens is 1. The Morgan fingerprint density at radius 1 is 1.24 bits per heavy atom. The normalized spacial score (nSPS) is 14.5. The smallest absolute Gasteiger partial charge is 0.262 e. The predicted octanol–water partition coefficient (Wildman–Crippen LogP) is 0.415. The van der Waals surface area contributed by atoms with Crippen LogP contribution in [0.5, 0.6) is 0 Å². The SMILES string of the molecule is CC(CN)CNC(=O)CN1C(=O)c2ccccc2C1=O.Cl. The molecule has 0 radical (unpaired) electrons. The highest BCUT2D eigenvalue weighted by atomic mass is 35.5. The fourth-order valence-corrected chi connectivity index (χ4v) is 1.95. The van der Waals surface area contributed by atoms with Gasteiger partial charge in [0, 0.05) is 6.54 Å². The molecule has 0 bridgehead atoms. The second-order valence-corrected chi connectivity index (χ2v) is 4.89. The number of nitrogens with zero attached hydrogens (tertiary/aromatic N) is 1. The van der Waals surface area contributed by atoms with E-state index in [0.717, 1.165) is 4.90 Å². The van der Waals surface area contributed by atoms with E-state index >= 15 is 0 Å². The van der Waals surface area contributed by atoms with E-state index in [0.29, 0.717) is 24.2 Å². The zero-order valence-corrected chi connectivity index (χ0v) is 12.5. The minimum Gasteiger partial charge on any atom is -0.354 e. The van der Waals surface area contributed by atoms with E-state index in [1.54, 1.807) is 24.3 Å². The summed E-state index contributed by atoms with van der Waals surface area (Å²) >= 11 is 0. The van der Waals surface area contributed by atoms with Gasteiger partial charge in [-0.2, -0.15) is 0 Å². The molecule has 6 nitrogen and oxygen atoms in total. The minimum atomic E-state index is -0.423. The molecule has 114 valence electrons. The van der Waals surface area contributed by atoms with Crippen LogP contribution in [0.3, 0.4) is 0 Å². The van der Waals surface area contributed by atoms with Crippen molar-refractivity contribution in [3.63, 3.8) is 0 Å². The summed E-state index contributed by atoms with van der Waals surface area (Å²) in [5.41, 5.74) is 6.15. The molecular formula is C14H18ClN3O3. The summed E-state index contributed by atoms with van der Waals surface area (Å²) in [6, 6.07) is 6.56. The van der Waals surface area contributed by atoms with Gasteiger partial charge in [0.25, 0.3) is 11.8 Å². The van der Waals surface area contributed by atoms with Gasteiger partial charge in [-0.05, 0) is 24.6 Å². The largest absolute Gasteiger partial charge is 0.354 e. The average molecular weight is 312 g/mol. The van der Waals surface area contributed by atoms with Gasteiger partial charge in [0.2, 0.25) is 5.91 Å². The Morgan fingerprint density at radius 2 is 1.76 bits per heavy atom.